The SMILES string of the molecule is Cc1cc([C@@H](C)Nc2ccccc2C(=O)OC(C)(C)C)c2oc(N3CCC(C)(C)CC3)c(C(O)CO)c(=O)c2c1. The summed E-state index contributed by atoms with van der Waals surface area (Å²) in [4.78, 5) is 28.8. The molecule has 1 aromatic heterocycles. The second-order valence-electron chi connectivity index (χ2n) is 12.6. The summed E-state index contributed by atoms with van der Waals surface area (Å²) >= 11 is 0. The third-order valence-electron chi connectivity index (χ3n) is 7.48. The van der Waals surface area contributed by atoms with Gasteiger partial charge in [-0.15, -0.1) is 0 Å². The highest BCUT2D eigenvalue weighted by Gasteiger charge is 2.32. The van der Waals surface area contributed by atoms with Crippen molar-refractivity contribution in [3.05, 3.63) is 68.9 Å². The van der Waals surface area contributed by atoms with Gasteiger partial charge < -0.3 is 29.6 Å². The first-order valence-corrected chi connectivity index (χ1v) is 13.9. The molecular formula is C32H42N2O6. The molecular weight excluding hydrogens is 508 g/mol. The molecule has 0 saturated carbocycles. The third kappa shape index (κ3) is 6.34. The van der Waals surface area contributed by atoms with E-state index in [9.17, 15) is 19.8 Å². The Bertz CT molecular complexity index is 1440. The third-order valence-corrected chi connectivity index (χ3v) is 7.48. The van der Waals surface area contributed by atoms with Gasteiger partial charge in [-0.25, -0.2) is 4.79 Å². The van der Waals surface area contributed by atoms with Crippen LogP contribution in [0.2, 0.25) is 0 Å². The van der Waals surface area contributed by atoms with Crippen LogP contribution in [0.15, 0.2) is 45.6 Å². The number of piperidine rings is 1. The van der Waals surface area contributed by atoms with Crippen LogP contribution < -0.4 is 15.6 Å². The zero-order valence-electron chi connectivity index (χ0n) is 24.6. The van der Waals surface area contributed by atoms with Crippen molar-refractivity contribution in [2.24, 2.45) is 5.41 Å². The molecule has 4 rings (SSSR count). The first-order chi connectivity index (χ1) is 18.7. The Morgan fingerprint density at radius 3 is 2.45 bits per heavy atom. The van der Waals surface area contributed by atoms with Crippen molar-refractivity contribution >= 4 is 28.5 Å². The van der Waals surface area contributed by atoms with Crippen molar-refractivity contribution < 1.29 is 24.2 Å². The standard InChI is InChI=1S/C32H42N2O6/c1-19-16-22(20(2)33-24-11-9-8-10-21(24)30(38)40-31(3,4)5)28-23(17-19)27(37)26(25(36)18-35)29(39-28)34-14-12-32(6,7)13-15-34/h8-11,16-17,20,25,33,35-36H,12-15,18H2,1-7H3/t20-,25?/m1/s1. The number of aliphatic hydroxyl groups is 2. The predicted octanol–water partition coefficient (Wildman–Crippen LogP) is 5.88. The number of rotatable bonds is 7. The zero-order chi connectivity index (χ0) is 29.4. The molecule has 0 amide bonds. The molecule has 1 fully saturated rings. The highest BCUT2D eigenvalue weighted by atomic mass is 16.6. The zero-order valence-corrected chi connectivity index (χ0v) is 24.6. The van der Waals surface area contributed by atoms with E-state index < -0.39 is 24.3 Å². The maximum Gasteiger partial charge on any atom is 0.340 e. The topological polar surface area (TPSA) is 112 Å². The average Bonchev–Trinajstić information content (AvgIpc) is 2.87. The second-order valence-corrected chi connectivity index (χ2v) is 12.6. The smallest absolute Gasteiger partial charge is 0.340 e. The number of para-hydroxylation sites is 1. The van der Waals surface area contributed by atoms with Crippen molar-refractivity contribution in [3.8, 4) is 0 Å². The van der Waals surface area contributed by atoms with E-state index in [2.05, 4.69) is 19.2 Å². The van der Waals surface area contributed by atoms with Gasteiger partial charge in [0.1, 0.15) is 17.3 Å². The van der Waals surface area contributed by atoms with Gasteiger partial charge in [0.05, 0.1) is 29.2 Å². The number of benzene rings is 2. The Hall–Kier alpha value is -3.36. The Morgan fingerprint density at radius 2 is 1.82 bits per heavy atom. The largest absolute Gasteiger partial charge is 0.456 e. The number of nitrogens with one attached hydrogen (secondary N) is 1. The minimum Gasteiger partial charge on any atom is -0.456 e. The number of carbonyl (C=O) groups excluding carboxylic acids is 1. The summed E-state index contributed by atoms with van der Waals surface area (Å²) in [5.74, 6) is -0.123. The first kappa shape index (κ1) is 29.6. The summed E-state index contributed by atoms with van der Waals surface area (Å²) in [6.45, 7) is 14.5. The van der Waals surface area contributed by atoms with E-state index in [1.54, 1.807) is 18.2 Å². The molecule has 3 N–H and O–H groups in total. The number of anilines is 2. The Labute approximate surface area is 236 Å². The molecule has 0 bridgehead atoms. The molecule has 3 aromatic rings. The Morgan fingerprint density at radius 1 is 1.18 bits per heavy atom. The van der Waals surface area contributed by atoms with Gasteiger partial charge in [0.25, 0.3) is 0 Å². The molecule has 2 aromatic carbocycles. The number of hydrogen-bond acceptors (Lipinski definition) is 8. The first-order valence-electron chi connectivity index (χ1n) is 13.9. The summed E-state index contributed by atoms with van der Waals surface area (Å²) in [5.41, 5.74) is 2.29. The fraction of sp³-hybridized carbons (Fsp3) is 0.500. The minimum absolute atomic E-state index is 0.0853. The molecule has 40 heavy (non-hydrogen) atoms. The van der Waals surface area contributed by atoms with E-state index in [1.807, 2.05) is 57.7 Å². The molecule has 8 nitrogen and oxygen atoms in total. The summed E-state index contributed by atoms with van der Waals surface area (Å²) < 4.78 is 12.1. The highest BCUT2D eigenvalue weighted by Crippen LogP contribution is 2.37. The Balaban J connectivity index is 1.81. The summed E-state index contributed by atoms with van der Waals surface area (Å²) in [7, 11) is 0. The van der Waals surface area contributed by atoms with E-state index in [1.165, 1.54) is 0 Å². The van der Waals surface area contributed by atoms with Crippen LogP contribution in [-0.2, 0) is 4.74 Å². The molecule has 1 aliphatic rings. The minimum atomic E-state index is -1.36. The molecule has 8 heteroatoms. The van der Waals surface area contributed by atoms with Crippen LogP contribution in [0.1, 0.15) is 93.6 Å². The molecule has 2 atom stereocenters. The molecule has 2 heterocycles. The number of fused-ring (bicyclic) bond motifs is 1. The molecule has 216 valence electrons. The fourth-order valence-corrected chi connectivity index (χ4v) is 5.17. The Kier molecular flexibility index (Phi) is 8.33. The van der Waals surface area contributed by atoms with Crippen LogP contribution in [0.3, 0.4) is 0 Å². The number of esters is 1. The monoisotopic (exact) mass is 550 g/mol. The van der Waals surface area contributed by atoms with E-state index in [0.29, 0.717) is 41.2 Å². The van der Waals surface area contributed by atoms with Crippen LogP contribution in [0.25, 0.3) is 11.0 Å². The normalized spacial score (nSPS) is 17.0. The lowest BCUT2D eigenvalue weighted by atomic mass is 9.82. The average molecular weight is 551 g/mol. The number of nitrogens with zero attached hydrogens (tertiary/aromatic N) is 1. The lowest BCUT2D eigenvalue weighted by Crippen LogP contribution is -2.39. The van der Waals surface area contributed by atoms with E-state index >= 15 is 0 Å². The summed E-state index contributed by atoms with van der Waals surface area (Å²) in [5, 5.41) is 24.3. The molecule has 0 spiro atoms. The number of hydrogen-bond donors (Lipinski definition) is 3. The molecule has 1 saturated heterocycles. The van der Waals surface area contributed by atoms with Gasteiger partial charge in [-0.3, -0.25) is 4.79 Å². The quantitative estimate of drug-likeness (QED) is 0.313. The highest BCUT2D eigenvalue weighted by molar-refractivity contribution is 5.96. The lowest BCUT2D eigenvalue weighted by molar-refractivity contribution is 0.00706. The maximum atomic E-state index is 13.8. The van der Waals surface area contributed by atoms with Gasteiger partial charge in [0.2, 0.25) is 11.3 Å². The summed E-state index contributed by atoms with van der Waals surface area (Å²) in [6, 6.07) is 10.5. The number of ether oxygens (including phenoxy) is 1. The van der Waals surface area contributed by atoms with Crippen molar-refractivity contribution in [2.45, 2.75) is 79.1 Å². The van der Waals surface area contributed by atoms with Crippen molar-refractivity contribution in [3.63, 3.8) is 0 Å². The number of aryl methyl sites for hydroxylation is 1. The van der Waals surface area contributed by atoms with Gasteiger partial charge in [-0.2, -0.15) is 0 Å². The van der Waals surface area contributed by atoms with Crippen LogP contribution in [0, 0.1) is 12.3 Å². The van der Waals surface area contributed by atoms with Gasteiger partial charge in [-0.1, -0.05) is 32.0 Å². The molecule has 0 radical (unpaired) electrons. The van der Waals surface area contributed by atoms with Crippen LogP contribution >= 0.6 is 0 Å². The predicted molar refractivity (Wildman–Crippen MR) is 158 cm³/mol. The van der Waals surface area contributed by atoms with Gasteiger partial charge in [-0.05, 0) is 76.6 Å². The van der Waals surface area contributed by atoms with Gasteiger partial charge in [0.15, 0.2) is 0 Å². The van der Waals surface area contributed by atoms with Gasteiger partial charge >= 0.3 is 5.97 Å². The van der Waals surface area contributed by atoms with E-state index in [-0.39, 0.29) is 22.4 Å². The van der Waals surface area contributed by atoms with Crippen molar-refractivity contribution in [1.29, 1.82) is 0 Å². The molecule has 1 aliphatic heterocycles. The van der Waals surface area contributed by atoms with Crippen LogP contribution in [0.5, 0.6) is 0 Å². The van der Waals surface area contributed by atoms with Crippen molar-refractivity contribution in [1.82, 2.24) is 0 Å². The van der Waals surface area contributed by atoms with Crippen molar-refractivity contribution in [2.75, 3.05) is 29.9 Å². The second kappa shape index (κ2) is 11.3. The molecule has 0 aliphatic carbocycles. The number of aliphatic hydroxyl groups excluding tert-OH is 2. The summed E-state index contributed by atoms with van der Waals surface area (Å²) in [6.07, 6.45) is 0.457. The lowest BCUT2D eigenvalue weighted by Gasteiger charge is -2.38. The van der Waals surface area contributed by atoms with E-state index in [4.69, 9.17) is 9.15 Å². The van der Waals surface area contributed by atoms with E-state index in [0.717, 1.165) is 24.0 Å². The fourth-order valence-electron chi connectivity index (χ4n) is 5.17. The van der Waals surface area contributed by atoms with Gasteiger partial charge in [0, 0.05) is 24.3 Å². The van der Waals surface area contributed by atoms with Crippen LogP contribution in [0.4, 0.5) is 11.6 Å². The number of carbonyl (C=O) groups is 1. The maximum absolute atomic E-state index is 13.8. The molecule has 1 unspecified atom stereocenters. The van der Waals surface area contributed by atoms with Crippen LogP contribution in [-0.4, -0.2) is 41.5 Å².